The number of rotatable bonds is 5. The monoisotopic (exact) mass is 282 g/mol. The third kappa shape index (κ3) is 4.44. The minimum Gasteiger partial charge on any atom is -0.379 e. The van der Waals surface area contributed by atoms with Crippen LogP contribution in [0.1, 0.15) is 59.3 Å². The molecule has 1 aliphatic carbocycles. The van der Waals surface area contributed by atoms with Crippen LogP contribution in [0.15, 0.2) is 0 Å². The molecule has 1 heterocycles. The fraction of sp³-hybridized carbons (Fsp3) is 1.00. The standard InChI is InChI=1S/C17H34N2O/c1-14-12-18-16(15-8-6-5-7-9-15)13-19(14)11-10-17(2,3)20-4/h14-16,18H,5-13H2,1-4H3. The van der Waals surface area contributed by atoms with Crippen molar-refractivity contribution in [2.24, 2.45) is 5.92 Å². The summed E-state index contributed by atoms with van der Waals surface area (Å²) in [7, 11) is 1.83. The molecule has 1 N–H and O–H groups in total. The van der Waals surface area contributed by atoms with Gasteiger partial charge >= 0.3 is 0 Å². The van der Waals surface area contributed by atoms with Gasteiger partial charge in [-0.25, -0.2) is 0 Å². The van der Waals surface area contributed by atoms with E-state index in [2.05, 4.69) is 31.0 Å². The molecule has 3 nitrogen and oxygen atoms in total. The highest BCUT2D eigenvalue weighted by atomic mass is 16.5. The average Bonchev–Trinajstić information content (AvgIpc) is 2.47. The Bertz CT molecular complexity index is 287. The van der Waals surface area contributed by atoms with Crippen LogP contribution in [0.5, 0.6) is 0 Å². The van der Waals surface area contributed by atoms with Crippen molar-refractivity contribution in [2.45, 2.75) is 77.0 Å². The Kier molecular flexibility index (Phi) is 5.88. The molecule has 0 aromatic carbocycles. The van der Waals surface area contributed by atoms with Crippen molar-refractivity contribution in [3.8, 4) is 0 Å². The third-order valence-corrected chi connectivity index (χ3v) is 5.50. The largest absolute Gasteiger partial charge is 0.379 e. The Morgan fingerprint density at radius 1 is 1.20 bits per heavy atom. The SMILES string of the molecule is COC(C)(C)CCN1CC(C2CCCCC2)NCC1C. The molecule has 1 aliphatic heterocycles. The Labute approximate surface area is 125 Å². The summed E-state index contributed by atoms with van der Waals surface area (Å²) in [5.74, 6) is 0.911. The van der Waals surface area contributed by atoms with E-state index in [1.54, 1.807) is 0 Å². The summed E-state index contributed by atoms with van der Waals surface area (Å²) < 4.78 is 5.56. The molecule has 0 amide bonds. The lowest BCUT2D eigenvalue weighted by Gasteiger charge is -2.43. The van der Waals surface area contributed by atoms with Crippen LogP contribution in [0.2, 0.25) is 0 Å². The Balaban J connectivity index is 1.84. The van der Waals surface area contributed by atoms with Gasteiger partial charge in [0.25, 0.3) is 0 Å². The molecular formula is C17H34N2O. The molecule has 118 valence electrons. The first-order valence-corrected chi connectivity index (χ1v) is 8.54. The van der Waals surface area contributed by atoms with Crippen molar-refractivity contribution >= 4 is 0 Å². The zero-order valence-corrected chi connectivity index (χ0v) is 14.0. The number of nitrogens with one attached hydrogen (secondary N) is 1. The molecule has 0 aromatic rings. The van der Waals surface area contributed by atoms with Gasteiger partial charge < -0.3 is 10.1 Å². The number of piperazine rings is 1. The summed E-state index contributed by atoms with van der Waals surface area (Å²) in [6.07, 6.45) is 8.31. The Hall–Kier alpha value is -0.120. The van der Waals surface area contributed by atoms with E-state index in [0.29, 0.717) is 6.04 Å². The number of hydrogen-bond acceptors (Lipinski definition) is 3. The summed E-state index contributed by atoms with van der Waals surface area (Å²) in [4.78, 5) is 2.68. The summed E-state index contributed by atoms with van der Waals surface area (Å²) in [6, 6.07) is 1.37. The third-order valence-electron chi connectivity index (χ3n) is 5.50. The van der Waals surface area contributed by atoms with Crippen LogP contribution in [-0.4, -0.2) is 49.3 Å². The number of hydrogen-bond donors (Lipinski definition) is 1. The van der Waals surface area contributed by atoms with Crippen LogP contribution in [0.25, 0.3) is 0 Å². The molecule has 2 fully saturated rings. The number of ether oxygens (including phenoxy) is 1. The maximum atomic E-state index is 5.56. The molecule has 1 saturated carbocycles. The second-order valence-electron chi connectivity index (χ2n) is 7.47. The molecule has 0 spiro atoms. The highest BCUT2D eigenvalue weighted by Gasteiger charge is 2.31. The zero-order valence-electron chi connectivity index (χ0n) is 14.0. The maximum Gasteiger partial charge on any atom is 0.0634 e. The van der Waals surface area contributed by atoms with Gasteiger partial charge in [-0.2, -0.15) is 0 Å². The first-order valence-electron chi connectivity index (χ1n) is 8.54. The van der Waals surface area contributed by atoms with Crippen LogP contribution in [0.3, 0.4) is 0 Å². The van der Waals surface area contributed by atoms with Gasteiger partial charge in [-0.3, -0.25) is 4.90 Å². The highest BCUT2D eigenvalue weighted by Crippen LogP contribution is 2.28. The van der Waals surface area contributed by atoms with E-state index in [4.69, 9.17) is 4.74 Å². The first-order chi connectivity index (χ1) is 9.52. The van der Waals surface area contributed by atoms with E-state index >= 15 is 0 Å². The van der Waals surface area contributed by atoms with Crippen LogP contribution < -0.4 is 5.32 Å². The topological polar surface area (TPSA) is 24.5 Å². The molecule has 1 saturated heterocycles. The average molecular weight is 282 g/mol. The van der Waals surface area contributed by atoms with Gasteiger partial charge in [0.1, 0.15) is 0 Å². The molecule has 0 aromatic heterocycles. The fourth-order valence-electron chi connectivity index (χ4n) is 3.63. The van der Waals surface area contributed by atoms with Crippen LogP contribution in [0, 0.1) is 5.92 Å². The highest BCUT2D eigenvalue weighted by molar-refractivity contribution is 4.89. The summed E-state index contributed by atoms with van der Waals surface area (Å²) in [5, 5.41) is 3.81. The fourth-order valence-corrected chi connectivity index (χ4v) is 3.63. The molecular weight excluding hydrogens is 248 g/mol. The van der Waals surface area contributed by atoms with Crippen molar-refractivity contribution in [1.82, 2.24) is 10.2 Å². The molecule has 0 radical (unpaired) electrons. The van der Waals surface area contributed by atoms with Crippen molar-refractivity contribution in [3.05, 3.63) is 0 Å². The second kappa shape index (κ2) is 7.24. The van der Waals surface area contributed by atoms with Gasteiger partial charge in [0.05, 0.1) is 5.60 Å². The van der Waals surface area contributed by atoms with Gasteiger partial charge in [-0.1, -0.05) is 19.3 Å². The minimum atomic E-state index is 0.00489. The second-order valence-corrected chi connectivity index (χ2v) is 7.47. The first kappa shape index (κ1) is 16.3. The van der Waals surface area contributed by atoms with Crippen molar-refractivity contribution in [2.75, 3.05) is 26.7 Å². The molecule has 2 aliphatic rings. The van der Waals surface area contributed by atoms with Crippen LogP contribution >= 0.6 is 0 Å². The van der Waals surface area contributed by atoms with E-state index in [9.17, 15) is 0 Å². The lowest BCUT2D eigenvalue weighted by molar-refractivity contribution is -0.00129. The predicted molar refractivity (Wildman–Crippen MR) is 85.1 cm³/mol. The summed E-state index contributed by atoms with van der Waals surface area (Å²) >= 11 is 0. The number of nitrogens with zero attached hydrogens (tertiary/aromatic N) is 1. The zero-order chi connectivity index (χ0) is 14.6. The molecule has 2 rings (SSSR count). The van der Waals surface area contributed by atoms with Gasteiger partial charge in [0.15, 0.2) is 0 Å². The lowest BCUT2D eigenvalue weighted by Crippen LogP contribution is -2.58. The Morgan fingerprint density at radius 2 is 1.90 bits per heavy atom. The Morgan fingerprint density at radius 3 is 2.55 bits per heavy atom. The van der Waals surface area contributed by atoms with Crippen LogP contribution in [-0.2, 0) is 4.74 Å². The van der Waals surface area contributed by atoms with Crippen molar-refractivity contribution in [1.29, 1.82) is 0 Å². The van der Waals surface area contributed by atoms with Gasteiger partial charge in [-0.15, -0.1) is 0 Å². The van der Waals surface area contributed by atoms with Gasteiger partial charge in [-0.05, 0) is 46.0 Å². The maximum absolute atomic E-state index is 5.56. The van der Waals surface area contributed by atoms with E-state index < -0.39 is 0 Å². The summed E-state index contributed by atoms with van der Waals surface area (Å²) in [6.45, 7) is 10.3. The van der Waals surface area contributed by atoms with Gasteiger partial charge in [0, 0.05) is 38.8 Å². The number of methoxy groups -OCH3 is 1. The normalized spacial score (nSPS) is 30.6. The molecule has 2 unspecified atom stereocenters. The smallest absolute Gasteiger partial charge is 0.0634 e. The van der Waals surface area contributed by atoms with E-state index in [1.807, 2.05) is 7.11 Å². The van der Waals surface area contributed by atoms with Crippen LogP contribution in [0.4, 0.5) is 0 Å². The quantitative estimate of drug-likeness (QED) is 0.839. The van der Waals surface area contributed by atoms with Crippen molar-refractivity contribution in [3.63, 3.8) is 0 Å². The van der Waals surface area contributed by atoms with E-state index in [1.165, 1.54) is 38.6 Å². The molecule has 2 atom stereocenters. The van der Waals surface area contributed by atoms with Gasteiger partial charge in [0.2, 0.25) is 0 Å². The lowest BCUT2D eigenvalue weighted by atomic mass is 9.82. The molecule has 3 heteroatoms. The minimum absolute atomic E-state index is 0.00489. The van der Waals surface area contributed by atoms with E-state index in [0.717, 1.165) is 31.5 Å². The summed E-state index contributed by atoms with van der Waals surface area (Å²) in [5.41, 5.74) is 0.00489. The van der Waals surface area contributed by atoms with E-state index in [-0.39, 0.29) is 5.60 Å². The predicted octanol–water partition coefficient (Wildman–Crippen LogP) is 3.04. The molecule has 20 heavy (non-hydrogen) atoms. The van der Waals surface area contributed by atoms with Crippen molar-refractivity contribution < 1.29 is 4.74 Å². The molecule has 0 bridgehead atoms.